The van der Waals surface area contributed by atoms with Crippen molar-refractivity contribution in [2.45, 2.75) is 13.0 Å². The van der Waals surface area contributed by atoms with E-state index < -0.39 is 0 Å². The molecule has 16 heavy (non-hydrogen) atoms. The Morgan fingerprint density at radius 3 is 3.00 bits per heavy atom. The zero-order valence-electron chi connectivity index (χ0n) is 9.36. The minimum atomic E-state index is 0.302. The molecule has 3 nitrogen and oxygen atoms in total. The van der Waals surface area contributed by atoms with Gasteiger partial charge in [-0.15, -0.1) is 0 Å². The van der Waals surface area contributed by atoms with Gasteiger partial charge in [-0.2, -0.15) is 0 Å². The predicted octanol–water partition coefficient (Wildman–Crippen LogP) is 2.85. The summed E-state index contributed by atoms with van der Waals surface area (Å²) in [6.45, 7) is 2.16. The number of rotatable bonds is 0. The number of fused-ring (bicyclic) bond motifs is 3. The van der Waals surface area contributed by atoms with Crippen LogP contribution in [0.4, 0.5) is 0 Å². The first-order valence-electron chi connectivity index (χ1n) is 5.41. The summed E-state index contributed by atoms with van der Waals surface area (Å²) in [6.07, 6.45) is 4.21. The Morgan fingerprint density at radius 1 is 1.38 bits per heavy atom. The van der Waals surface area contributed by atoms with Gasteiger partial charge in [-0.25, -0.2) is 0 Å². The van der Waals surface area contributed by atoms with Gasteiger partial charge in [0.25, 0.3) is 0 Å². The molecule has 1 aliphatic heterocycles. The van der Waals surface area contributed by atoms with Crippen LogP contribution in [0.25, 0.3) is 17.0 Å². The molecule has 0 saturated carbocycles. The van der Waals surface area contributed by atoms with Crippen molar-refractivity contribution in [3.8, 4) is 5.75 Å². The van der Waals surface area contributed by atoms with Gasteiger partial charge in [-0.3, -0.25) is 0 Å². The van der Waals surface area contributed by atoms with E-state index in [9.17, 15) is 5.11 Å². The van der Waals surface area contributed by atoms with Crippen molar-refractivity contribution in [1.29, 1.82) is 0 Å². The molecule has 1 aromatic carbocycles. The van der Waals surface area contributed by atoms with Crippen molar-refractivity contribution >= 4 is 17.0 Å². The summed E-state index contributed by atoms with van der Waals surface area (Å²) in [6, 6.07) is 5.80. The van der Waals surface area contributed by atoms with Crippen LogP contribution < -0.4 is 0 Å². The van der Waals surface area contributed by atoms with Crippen LogP contribution in [-0.4, -0.2) is 22.0 Å². The molecule has 1 unspecified atom stereocenters. The molecule has 0 aliphatic carbocycles. The summed E-state index contributed by atoms with van der Waals surface area (Å²) in [5.41, 5.74) is 3.45. The number of phenols is 1. The summed E-state index contributed by atoms with van der Waals surface area (Å²) in [7, 11) is 2.06. The van der Waals surface area contributed by atoms with E-state index in [-0.39, 0.29) is 0 Å². The average Bonchev–Trinajstić information content (AvgIpc) is 2.62. The normalized spacial score (nSPS) is 19.1. The van der Waals surface area contributed by atoms with E-state index in [1.807, 2.05) is 6.07 Å². The summed E-state index contributed by atoms with van der Waals surface area (Å²) in [5, 5.41) is 10.6. The largest absolute Gasteiger partial charge is 0.508 e. The van der Waals surface area contributed by atoms with Gasteiger partial charge in [-0.05, 0) is 25.1 Å². The second kappa shape index (κ2) is 3.04. The zero-order valence-corrected chi connectivity index (χ0v) is 9.36. The van der Waals surface area contributed by atoms with Crippen LogP contribution in [0.5, 0.6) is 5.75 Å². The zero-order chi connectivity index (χ0) is 11.3. The Bertz CT molecular complexity index is 583. The lowest BCUT2D eigenvalue weighted by Crippen LogP contribution is -2.19. The molecule has 82 valence electrons. The fraction of sp³-hybridized carbons (Fsp3) is 0.231. The predicted molar refractivity (Wildman–Crippen MR) is 65.2 cm³/mol. The quantitative estimate of drug-likeness (QED) is 0.707. The van der Waals surface area contributed by atoms with Crippen LogP contribution in [0.2, 0.25) is 0 Å². The van der Waals surface area contributed by atoms with E-state index in [0.29, 0.717) is 11.8 Å². The second-order valence-corrected chi connectivity index (χ2v) is 4.34. The topological polar surface area (TPSA) is 39.3 Å². The van der Waals surface area contributed by atoms with Gasteiger partial charge in [0.2, 0.25) is 0 Å². The standard InChI is InChI=1S/C13H14N2O/c1-8-13-11(5-6-15(8)2)10-4-3-9(16)7-12(10)14-13/h3-8,14,16H,1-2H3. The number of aromatic amines is 1. The molecular formula is C13H14N2O. The Kier molecular flexibility index (Phi) is 1.78. The van der Waals surface area contributed by atoms with Crippen molar-refractivity contribution in [3.05, 3.63) is 35.7 Å². The molecule has 1 aliphatic rings. The van der Waals surface area contributed by atoms with E-state index in [1.54, 1.807) is 12.1 Å². The van der Waals surface area contributed by atoms with Crippen molar-refractivity contribution in [3.63, 3.8) is 0 Å². The molecular weight excluding hydrogens is 200 g/mol. The highest BCUT2D eigenvalue weighted by atomic mass is 16.3. The lowest BCUT2D eigenvalue weighted by Gasteiger charge is -2.26. The van der Waals surface area contributed by atoms with Crippen molar-refractivity contribution in [2.75, 3.05) is 7.05 Å². The molecule has 3 heteroatoms. The van der Waals surface area contributed by atoms with Gasteiger partial charge in [0, 0.05) is 41.5 Å². The van der Waals surface area contributed by atoms with E-state index in [1.165, 1.54) is 16.6 Å². The Morgan fingerprint density at radius 2 is 2.19 bits per heavy atom. The number of benzene rings is 1. The molecule has 0 spiro atoms. The molecule has 2 N–H and O–H groups in total. The van der Waals surface area contributed by atoms with Gasteiger partial charge in [0.15, 0.2) is 0 Å². The maximum Gasteiger partial charge on any atom is 0.117 e. The Labute approximate surface area is 94.0 Å². The van der Waals surface area contributed by atoms with Gasteiger partial charge >= 0.3 is 0 Å². The van der Waals surface area contributed by atoms with Crippen molar-refractivity contribution in [2.24, 2.45) is 0 Å². The van der Waals surface area contributed by atoms with E-state index in [0.717, 1.165) is 5.52 Å². The molecule has 2 aromatic rings. The molecule has 3 rings (SSSR count). The lowest BCUT2D eigenvalue weighted by atomic mass is 10.0. The number of hydrogen-bond donors (Lipinski definition) is 2. The molecule has 2 heterocycles. The van der Waals surface area contributed by atoms with Crippen LogP contribution in [0.1, 0.15) is 24.2 Å². The first-order chi connectivity index (χ1) is 7.66. The van der Waals surface area contributed by atoms with Gasteiger partial charge in [-0.1, -0.05) is 0 Å². The van der Waals surface area contributed by atoms with E-state index in [4.69, 9.17) is 0 Å². The number of aromatic hydroxyl groups is 1. The Balaban J connectivity index is 2.31. The summed E-state index contributed by atoms with van der Waals surface area (Å²) in [4.78, 5) is 5.55. The van der Waals surface area contributed by atoms with Gasteiger partial charge in [0.1, 0.15) is 5.75 Å². The first kappa shape index (κ1) is 9.33. The maximum atomic E-state index is 9.46. The number of hydrogen-bond acceptors (Lipinski definition) is 2. The average molecular weight is 214 g/mol. The minimum Gasteiger partial charge on any atom is -0.508 e. The van der Waals surface area contributed by atoms with Crippen LogP contribution in [0.15, 0.2) is 24.4 Å². The van der Waals surface area contributed by atoms with Crippen molar-refractivity contribution in [1.82, 2.24) is 9.88 Å². The van der Waals surface area contributed by atoms with E-state index in [2.05, 4.69) is 36.1 Å². The lowest BCUT2D eigenvalue weighted by molar-refractivity contribution is 0.352. The summed E-state index contributed by atoms with van der Waals surface area (Å²) < 4.78 is 0. The molecule has 1 aromatic heterocycles. The summed E-state index contributed by atoms with van der Waals surface area (Å²) in [5.74, 6) is 0.302. The number of nitrogens with one attached hydrogen (secondary N) is 1. The Hall–Kier alpha value is -1.90. The van der Waals surface area contributed by atoms with Crippen molar-refractivity contribution < 1.29 is 5.11 Å². The van der Waals surface area contributed by atoms with Gasteiger partial charge < -0.3 is 15.0 Å². The van der Waals surface area contributed by atoms with Crippen LogP contribution in [0, 0.1) is 0 Å². The SMILES string of the molecule is CC1c2[nH]c3cc(O)ccc3c2C=CN1C. The third-order valence-electron chi connectivity index (χ3n) is 3.36. The van der Waals surface area contributed by atoms with Gasteiger partial charge in [0.05, 0.1) is 6.04 Å². The minimum absolute atomic E-state index is 0.302. The van der Waals surface area contributed by atoms with Crippen LogP contribution >= 0.6 is 0 Å². The fourth-order valence-corrected chi connectivity index (χ4v) is 2.26. The highest BCUT2D eigenvalue weighted by Crippen LogP contribution is 2.34. The molecule has 0 bridgehead atoms. The highest BCUT2D eigenvalue weighted by Gasteiger charge is 2.20. The molecule has 1 atom stereocenters. The first-order valence-corrected chi connectivity index (χ1v) is 5.41. The monoisotopic (exact) mass is 214 g/mol. The third-order valence-corrected chi connectivity index (χ3v) is 3.36. The molecule has 0 amide bonds. The highest BCUT2D eigenvalue weighted by molar-refractivity contribution is 5.92. The van der Waals surface area contributed by atoms with E-state index >= 15 is 0 Å². The molecule has 0 fully saturated rings. The van der Waals surface area contributed by atoms with Crippen LogP contribution in [-0.2, 0) is 0 Å². The number of H-pyrrole nitrogens is 1. The summed E-state index contributed by atoms with van der Waals surface area (Å²) >= 11 is 0. The molecule has 0 saturated heterocycles. The smallest absolute Gasteiger partial charge is 0.117 e. The molecule has 0 radical (unpaired) electrons. The number of aromatic nitrogens is 1. The third kappa shape index (κ3) is 1.14. The van der Waals surface area contributed by atoms with Crippen LogP contribution in [0.3, 0.4) is 0 Å². The maximum absolute atomic E-state index is 9.46. The number of nitrogens with zero attached hydrogens (tertiary/aromatic N) is 1. The second-order valence-electron chi connectivity index (χ2n) is 4.34. The fourth-order valence-electron chi connectivity index (χ4n) is 2.26. The number of phenolic OH excluding ortho intramolecular Hbond substituents is 1.